The normalized spacial score (nSPS) is 23.1. The van der Waals surface area contributed by atoms with Crippen LogP contribution in [0.4, 0.5) is 0 Å². The highest BCUT2D eigenvalue weighted by atomic mass is 79.9. The second-order valence-electron chi connectivity index (χ2n) is 4.45. The number of halogens is 1. The number of carbonyl (C=O) groups excluding carboxylic acids is 1. The fourth-order valence-corrected chi connectivity index (χ4v) is 2.32. The van der Waals surface area contributed by atoms with Crippen LogP contribution < -0.4 is 0 Å². The van der Waals surface area contributed by atoms with E-state index in [4.69, 9.17) is 0 Å². The minimum atomic E-state index is -1.17. The number of allylic oxidation sites excluding steroid dienone is 2. The first-order valence-electron chi connectivity index (χ1n) is 5.99. The largest absolute Gasteiger partial charge is 0.377 e. The molecule has 0 saturated carbocycles. The second-order valence-corrected chi connectivity index (χ2v) is 5.37. The van der Waals surface area contributed by atoms with E-state index in [0.717, 1.165) is 16.5 Å². The lowest BCUT2D eigenvalue weighted by molar-refractivity contribution is -0.111. The standard InChI is InChI=1S/C15H15BrO2/c1-2-3-11-10-15(18,9-8-14(11)17)12-4-6-13(16)7-5-12/h4-10,18H,2-3H2,1H3. The molecule has 0 bridgehead atoms. The highest BCUT2D eigenvalue weighted by molar-refractivity contribution is 9.10. The van der Waals surface area contributed by atoms with E-state index >= 15 is 0 Å². The Hall–Kier alpha value is -1.19. The van der Waals surface area contributed by atoms with Crippen molar-refractivity contribution in [2.24, 2.45) is 0 Å². The molecule has 3 heteroatoms. The fraction of sp³-hybridized carbons (Fsp3) is 0.267. The summed E-state index contributed by atoms with van der Waals surface area (Å²) < 4.78 is 0.962. The molecule has 1 aromatic carbocycles. The summed E-state index contributed by atoms with van der Waals surface area (Å²) in [5.74, 6) is -0.00126. The zero-order valence-electron chi connectivity index (χ0n) is 10.2. The van der Waals surface area contributed by atoms with Gasteiger partial charge in [0.2, 0.25) is 0 Å². The molecule has 2 rings (SSSR count). The molecule has 1 N–H and O–H groups in total. The third-order valence-electron chi connectivity index (χ3n) is 3.03. The lowest BCUT2D eigenvalue weighted by Crippen LogP contribution is -2.25. The van der Waals surface area contributed by atoms with Gasteiger partial charge in [0.15, 0.2) is 5.78 Å². The molecule has 1 unspecified atom stereocenters. The van der Waals surface area contributed by atoms with Crippen molar-refractivity contribution in [1.29, 1.82) is 0 Å². The van der Waals surface area contributed by atoms with Crippen LogP contribution in [-0.4, -0.2) is 10.9 Å². The third-order valence-corrected chi connectivity index (χ3v) is 3.55. The summed E-state index contributed by atoms with van der Waals surface area (Å²) >= 11 is 3.36. The van der Waals surface area contributed by atoms with E-state index in [1.165, 1.54) is 6.08 Å². The summed E-state index contributed by atoms with van der Waals surface area (Å²) in [5, 5.41) is 10.6. The Labute approximate surface area is 115 Å². The van der Waals surface area contributed by atoms with Crippen LogP contribution in [0.3, 0.4) is 0 Å². The topological polar surface area (TPSA) is 37.3 Å². The minimum absolute atomic E-state index is 0.00126. The van der Waals surface area contributed by atoms with Crippen molar-refractivity contribution in [2.75, 3.05) is 0 Å². The molecule has 0 heterocycles. The summed E-state index contributed by atoms with van der Waals surface area (Å²) in [5.41, 5.74) is 0.285. The van der Waals surface area contributed by atoms with E-state index in [-0.39, 0.29) is 5.78 Å². The third kappa shape index (κ3) is 2.62. The van der Waals surface area contributed by atoms with Gasteiger partial charge in [-0.05, 0) is 47.9 Å². The van der Waals surface area contributed by atoms with Gasteiger partial charge in [-0.15, -0.1) is 0 Å². The lowest BCUT2D eigenvalue weighted by atomic mass is 9.85. The van der Waals surface area contributed by atoms with Crippen LogP contribution in [-0.2, 0) is 10.4 Å². The number of carbonyl (C=O) groups is 1. The van der Waals surface area contributed by atoms with Gasteiger partial charge in [0.05, 0.1) is 0 Å². The Morgan fingerprint density at radius 1 is 1.28 bits per heavy atom. The van der Waals surface area contributed by atoms with Crippen molar-refractivity contribution in [3.8, 4) is 0 Å². The average Bonchev–Trinajstić information content (AvgIpc) is 2.35. The quantitative estimate of drug-likeness (QED) is 0.928. The molecule has 94 valence electrons. The molecule has 1 aliphatic carbocycles. The molecule has 18 heavy (non-hydrogen) atoms. The van der Waals surface area contributed by atoms with Gasteiger partial charge in [-0.1, -0.05) is 41.4 Å². The van der Waals surface area contributed by atoms with E-state index in [0.29, 0.717) is 12.0 Å². The van der Waals surface area contributed by atoms with E-state index in [2.05, 4.69) is 15.9 Å². The highest BCUT2D eigenvalue weighted by Crippen LogP contribution is 2.31. The summed E-state index contributed by atoms with van der Waals surface area (Å²) in [7, 11) is 0. The van der Waals surface area contributed by atoms with Crippen LogP contribution in [0.5, 0.6) is 0 Å². The van der Waals surface area contributed by atoms with E-state index in [9.17, 15) is 9.90 Å². The Morgan fingerprint density at radius 3 is 2.56 bits per heavy atom. The summed E-state index contributed by atoms with van der Waals surface area (Å²) in [6.45, 7) is 2.02. The van der Waals surface area contributed by atoms with Gasteiger partial charge < -0.3 is 5.11 Å². The molecule has 1 aromatic rings. The monoisotopic (exact) mass is 306 g/mol. The van der Waals surface area contributed by atoms with Crippen LogP contribution in [0.1, 0.15) is 25.3 Å². The zero-order chi connectivity index (χ0) is 13.2. The molecular weight excluding hydrogens is 292 g/mol. The molecule has 0 spiro atoms. The zero-order valence-corrected chi connectivity index (χ0v) is 11.8. The average molecular weight is 307 g/mol. The predicted molar refractivity (Wildman–Crippen MR) is 75.2 cm³/mol. The molecule has 0 radical (unpaired) electrons. The molecule has 0 amide bonds. The smallest absolute Gasteiger partial charge is 0.181 e. The van der Waals surface area contributed by atoms with Crippen LogP contribution in [0.2, 0.25) is 0 Å². The van der Waals surface area contributed by atoms with Crippen LogP contribution in [0.25, 0.3) is 0 Å². The van der Waals surface area contributed by atoms with Crippen LogP contribution in [0.15, 0.2) is 52.5 Å². The fourth-order valence-electron chi connectivity index (χ4n) is 2.06. The molecule has 2 nitrogen and oxygen atoms in total. The highest BCUT2D eigenvalue weighted by Gasteiger charge is 2.28. The van der Waals surface area contributed by atoms with Crippen molar-refractivity contribution < 1.29 is 9.90 Å². The van der Waals surface area contributed by atoms with Gasteiger partial charge in [0.1, 0.15) is 5.60 Å². The number of benzene rings is 1. The van der Waals surface area contributed by atoms with Crippen molar-refractivity contribution in [3.05, 3.63) is 58.1 Å². The van der Waals surface area contributed by atoms with Crippen LogP contribution in [0, 0.1) is 0 Å². The number of rotatable bonds is 3. The van der Waals surface area contributed by atoms with E-state index in [1.54, 1.807) is 12.2 Å². The number of aliphatic hydroxyl groups is 1. The van der Waals surface area contributed by atoms with Gasteiger partial charge in [0.25, 0.3) is 0 Å². The van der Waals surface area contributed by atoms with Gasteiger partial charge in [0, 0.05) is 4.47 Å². The first kappa shape index (κ1) is 13.2. The first-order chi connectivity index (χ1) is 8.55. The maximum atomic E-state index is 11.7. The Kier molecular flexibility index (Phi) is 3.83. The number of hydrogen-bond acceptors (Lipinski definition) is 2. The Morgan fingerprint density at radius 2 is 1.94 bits per heavy atom. The summed E-state index contributed by atoms with van der Waals surface area (Å²) in [6, 6.07) is 7.46. The van der Waals surface area contributed by atoms with Gasteiger partial charge >= 0.3 is 0 Å². The summed E-state index contributed by atoms with van der Waals surface area (Å²) in [4.78, 5) is 11.7. The van der Waals surface area contributed by atoms with Gasteiger partial charge in [-0.3, -0.25) is 4.79 Å². The van der Waals surface area contributed by atoms with Crippen molar-refractivity contribution in [3.63, 3.8) is 0 Å². The first-order valence-corrected chi connectivity index (χ1v) is 6.78. The van der Waals surface area contributed by atoms with Crippen molar-refractivity contribution >= 4 is 21.7 Å². The molecule has 1 aliphatic rings. The number of hydrogen-bond donors (Lipinski definition) is 1. The van der Waals surface area contributed by atoms with Gasteiger partial charge in [-0.2, -0.15) is 0 Å². The predicted octanol–water partition coefficient (Wildman–Crippen LogP) is 3.50. The van der Waals surface area contributed by atoms with Crippen molar-refractivity contribution in [2.45, 2.75) is 25.4 Å². The molecule has 0 aromatic heterocycles. The number of ketones is 1. The molecule has 0 aliphatic heterocycles. The van der Waals surface area contributed by atoms with E-state index < -0.39 is 5.60 Å². The second kappa shape index (κ2) is 5.21. The van der Waals surface area contributed by atoms with E-state index in [1.807, 2.05) is 31.2 Å². The Balaban J connectivity index is 2.39. The maximum absolute atomic E-state index is 11.7. The summed E-state index contributed by atoms with van der Waals surface area (Å²) in [6.07, 6.45) is 6.27. The van der Waals surface area contributed by atoms with Crippen molar-refractivity contribution in [1.82, 2.24) is 0 Å². The molecular formula is C15H15BrO2. The van der Waals surface area contributed by atoms with Crippen LogP contribution >= 0.6 is 15.9 Å². The SMILES string of the molecule is CCCC1=CC(O)(c2ccc(Br)cc2)C=CC1=O. The molecule has 0 fully saturated rings. The minimum Gasteiger partial charge on any atom is -0.377 e. The molecule has 0 saturated heterocycles. The maximum Gasteiger partial charge on any atom is 0.181 e. The molecule has 1 atom stereocenters. The Bertz CT molecular complexity index is 514. The van der Waals surface area contributed by atoms with Gasteiger partial charge in [-0.25, -0.2) is 0 Å². The lowest BCUT2D eigenvalue weighted by Gasteiger charge is -2.25.